The number of piperidine rings is 1. The van der Waals surface area contributed by atoms with E-state index in [4.69, 9.17) is 0 Å². The molecule has 5 nitrogen and oxygen atoms in total. The zero-order valence-electron chi connectivity index (χ0n) is 13.7. The minimum Gasteiger partial charge on any atom is -0.335 e. The van der Waals surface area contributed by atoms with Gasteiger partial charge in [-0.2, -0.15) is 0 Å². The Morgan fingerprint density at radius 3 is 2.45 bits per heavy atom. The van der Waals surface area contributed by atoms with E-state index in [0.29, 0.717) is 0 Å². The summed E-state index contributed by atoms with van der Waals surface area (Å²) in [6, 6.07) is 0. The van der Waals surface area contributed by atoms with E-state index in [9.17, 15) is 4.79 Å². The summed E-state index contributed by atoms with van der Waals surface area (Å²) in [5, 5.41) is 1.09. The molecule has 0 aromatic carbocycles. The lowest BCUT2D eigenvalue weighted by Crippen LogP contribution is -2.47. The van der Waals surface area contributed by atoms with Gasteiger partial charge in [-0.25, -0.2) is 4.98 Å². The molecule has 122 valence electrons. The third kappa shape index (κ3) is 3.67. The maximum Gasteiger partial charge on any atom is 0.265 e. The van der Waals surface area contributed by atoms with E-state index in [-0.39, 0.29) is 5.91 Å². The fraction of sp³-hybridized carbons (Fsp3) is 0.750. The van der Waals surface area contributed by atoms with Crippen molar-refractivity contribution in [2.75, 3.05) is 46.3 Å². The van der Waals surface area contributed by atoms with Gasteiger partial charge in [0.1, 0.15) is 9.88 Å². The Morgan fingerprint density at radius 2 is 1.77 bits per heavy atom. The van der Waals surface area contributed by atoms with Crippen LogP contribution in [0.5, 0.6) is 0 Å². The van der Waals surface area contributed by atoms with E-state index in [1.54, 1.807) is 11.3 Å². The number of hydrogen-bond acceptors (Lipinski definition) is 5. The van der Waals surface area contributed by atoms with Gasteiger partial charge < -0.3 is 9.80 Å². The molecule has 3 rings (SSSR count). The summed E-state index contributed by atoms with van der Waals surface area (Å²) in [5.41, 5.74) is 0.904. The Morgan fingerprint density at radius 1 is 1.09 bits per heavy atom. The zero-order chi connectivity index (χ0) is 15.5. The molecule has 1 amide bonds. The average molecular weight is 322 g/mol. The number of carbonyl (C=O) groups excluding carboxylic acids is 1. The van der Waals surface area contributed by atoms with Crippen LogP contribution < -0.4 is 0 Å². The maximum atomic E-state index is 12.7. The van der Waals surface area contributed by atoms with Crippen molar-refractivity contribution >= 4 is 17.2 Å². The van der Waals surface area contributed by atoms with Crippen LogP contribution in [0.1, 0.15) is 39.6 Å². The number of nitrogens with zero attached hydrogens (tertiary/aromatic N) is 4. The summed E-state index contributed by atoms with van der Waals surface area (Å²) in [6.45, 7) is 8.79. The second kappa shape index (κ2) is 7.06. The van der Waals surface area contributed by atoms with E-state index in [0.717, 1.165) is 48.3 Å². The Hall–Kier alpha value is -0.980. The Labute approximate surface area is 136 Å². The fourth-order valence-corrected chi connectivity index (χ4v) is 4.26. The van der Waals surface area contributed by atoms with Gasteiger partial charge in [-0.3, -0.25) is 9.69 Å². The monoisotopic (exact) mass is 322 g/mol. The van der Waals surface area contributed by atoms with Crippen molar-refractivity contribution in [2.45, 2.75) is 32.7 Å². The summed E-state index contributed by atoms with van der Waals surface area (Å²) in [4.78, 5) is 24.9. The molecule has 0 spiro atoms. The highest BCUT2D eigenvalue weighted by molar-refractivity contribution is 7.13. The smallest absolute Gasteiger partial charge is 0.265 e. The van der Waals surface area contributed by atoms with Gasteiger partial charge in [0.05, 0.1) is 12.2 Å². The summed E-state index contributed by atoms with van der Waals surface area (Å²) < 4.78 is 0. The highest BCUT2D eigenvalue weighted by Gasteiger charge is 2.24. The van der Waals surface area contributed by atoms with Crippen LogP contribution in [-0.2, 0) is 6.54 Å². The minimum absolute atomic E-state index is 0.174. The molecule has 2 saturated heterocycles. The zero-order valence-corrected chi connectivity index (χ0v) is 14.5. The van der Waals surface area contributed by atoms with Crippen molar-refractivity contribution in [3.8, 4) is 0 Å². The van der Waals surface area contributed by atoms with E-state index < -0.39 is 0 Å². The summed E-state index contributed by atoms with van der Waals surface area (Å²) in [7, 11) is 2.11. The molecule has 22 heavy (non-hydrogen) atoms. The van der Waals surface area contributed by atoms with E-state index >= 15 is 0 Å². The lowest BCUT2D eigenvalue weighted by Gasteiger charge is -2.32. The Balaban J connectivity index is 1.65. The van der Waals surface area contributed by atoms with Gasteiger partial charge in [-0.05, 0) is 39.9 Å². The number of aromatic nitrogens is 1. The van der Waals surface area contributed by atoms with Crippen LogP contribution in [-0.4, -0.2) is 71.9 Å². The topological polar surface area (TPSA) is 39.7 Å². The van der Waals surface area contributed by atoms with Crippen LogP contribution in [0, 0.1) is 6.92 Å². The number of piperazine rings is 1. The molecule has 6 heteroatoms. The van der Waals surface area contributed by atoms with Gasteiger partial charge in [-0.1, -0.05) is 6.42 Å². The Kier molecular flexibility index (Phi) is 5.10. The van der Waals surface area contributed by atoms with Crippen LogP contribution in [0.3, 0.4) is 0 Å². The molecule has 1 aromatic heterocycles. The molecular weight excluding hydrogens is 296 g/mol. The molecule has 2 fully saturated rings. The molecule has 0 radical (unpaired) electrons. The van der Waals surface area contributed by atoms with Gasteiger partial charge in [0.15, 0.2) is 0 Å². The largest absolute Gasteiger partial charge is 0.335 e. The van der Waals surface area contributed by atoms with Gasteiger partial charge >= 0.3 is 0 Å². The van der Waals surface area contributed by atoms with Crippen LogP contribution in [0.15, 0.2) is 0 Å². The molecule has 0 aliphatic carbocycles. The van der Waals surface area contributed by atoms with Crippen LogP contribution in [0.2, 0.25) is 0 Å². The number of thiazole rings is 1. The molecular formula is C16H26N4OS. The maximum absolute atomic E-state index is 12.7. The van der Waals surface area contributed by atoms with Crippen molar-refractivity contribution in [1.82, 2.24) is 19.7 Å². The first-order chi connectivity index (χ1) is 10.6. The second-order valence-corrected chi connectivity index (χ2v) is 7.54. The standard InChI is InChI=1S/C16H26N4OS/c1-13-15(16(21)20-10-8-18(2)9-11-20)22-14(17-13)12-19-6-4-3-5-7-19/h3-12H2,1-2H3. The number of carbonyl (C=O) groups is 1. The first-order valence-electron chi connectivity index (χ1n) is 8.30. The van der Waals surface area contributed by atoms with E-state index in [2.05, 4.69) is 21.8 Å². The number of aryl methyl sites for hydroxylation is 1. The predicted molar refractivity (Wildman–Crippen MR) is 89.4 cm³/mol. The lowest BCUT2D eigenvalue weighted by atomic mass is 10.1. The summed E-state index contributed by atoms with van der Waals surface area (Å²) >= 11 is 1.60. The van der Waals surface area contributed by atoms with Crippen molar-refractivity contribution in [1.29, 1.82) is 0 Å². The third-order valence-corrected chi connectivity index (χ3v) is 5.76. The van der Waals surface area contributed by atoms with Gasteiger partial charge in [0, 0.05) is 26.2 Å². The molecule has 2 aliphatic heterocycles. The molecule has 2 aliphatic rings. The number of likely N-dealkylation sites (N-methyl/N-ethyl adjacent to an activating group) is 1. The molecule has 0 saturated carbocycles. The number of hydrogen-bond donors (Lipinski definition) is 0. The first-order valence-corrected chi connectivity index (χ1v) is 9.11. The summed E-state index contributed by atoms with van der Waals surface area (Å²) in [6.07, 6.45) is 3.93. The van der Waals surface area contributed by atoms with Crippen LogP contribution in [0.25, 0.3) is 0 Å². The van der Waals surface area contributed by atoms with Crippen molar-refractivity contribution < 1.29 is 4.79 Å². The van der Waals surface area contributed by atoms with E-state index in [1.807, 2.05) is 11.8 Å². The normalized spacial score (nSPS) is 21.3. The van der Waals surface area contributed by atoms with Crippen molar-refractivity contribution in [3.63, 3.8) is 0 Å². The van der Waals surface area contributed by atoms with Crippen molar-refractivity contribution in [2.24, 2.45) is 0 Å². The molecule has 0 atom stereocenters. The van der Waals surface area contributed by atoms with Gasteiger partial charge in [0.25, 0.3) is 5.91 Å². The minimum atomic E-state index is 0.174. The van der Waals surface area contributed by atoms with Crippen molar-refractivity contribution in [3.05, 3.63) is 15.6 Å². The quantitative estimate of drug-likeness (QED) is 0.851. The number of amides is 1. The van der Waals surface area contributed by atoms with Gasteiger partial charge in [0.2, 0.25) is 0 Å². The molecule has 3 heterocycles. The van der Waals surface area contributed by atoms with Crippen LogP contribution >= 0.6 is 11.3 Å². The lowest BCUT2D eigenvalue weighted by molar-refractivity contribution is 0.0668. The average Bonchev–Trinajstić information content (AvgIpc) is 2.89. The second-order valence-electron chi connectivity index (χ2n) is 6.45. The predicted octanol–water partition coefficient (Wildman–Crippen LogP) is 1.83. The highest BCUT2D eigenvalue weighted by atomic mass is 32.1. The van der Waals surface area contributed by atoms with Gasteiger partial charge in [-0.15, -0.1) is 11.3 Å². The number of rotatable bonds is 3. The molecule has 1 aromatic rings. The number of likely N-dealkylation sites (tertiary alicyclic amines) is 1. The Bertz CT molecular complexity index is 516. The molecule has 0 bridgehead atoms. The highest BCUT2D eigenvalue weighted by Crippen LogP contribution is 2.23. The summed E-state index contributed by atoms with van der Waals surface area (Å²) in [5.74, 6) is 0.174. The fourth-order valence-electron chi connectivity index (χ4n) is 3.18. The molecule has 0 N–H and O–H groups in total. The van der Waals surface area contributed by atoms with Crippen LogP contribution in [0.4, 0.5) is 0 Å². The third-order valence-electron chi connectivity index (χ3n) is 4.63. The molecule has 0 unspecified atom stereocenters. The SMILES string of the molecule is Cc1nc(CN2CCCCC2)sc1C(=O)N1CCN(C)CC1. The van der Waals surface area contributed by atoms with E-state index in [1.165, 1.54) is 32.4 Å². The first kappa shape index (κ1) is 15.9.